The van der Waals surface area contributed by atoms with E-state index in [-0.39, 0.29) is 5.91 Å². The van der Waals surface area contributed by atoms with Gasteiger partial charge in [-0.1, -0.05) is 0 Å². The van der Waals surface area contributed by atoms with Crippen molar-refractivity contribution >= 4 is 5.91 Å². The average Bonchev–Trinajstić information content (AvgIpc) is 2.59. The van der Waals surface area contributed by atoms with Crippen molar-refractivity contribution in [3.8, 4) is 0 Å². The number of nitrogens with zero attached hydrogens (tertiary/aromatic N) is 4. The summed E-state index contributed by atoms with van der Waals surface area (Å²) in [4.78, 5) is 18.6. The fraction of sp³-hybridized carbons (Fsp3) is 0.375. The highest BCUT2D eigenvalue weighted by Gasteiger charge is 2.23. The van der Waals surface area contributed by atoms with Crippen LogP contribution in [0.15, 0.2) is 30.9 Å². The Balaban J connectivity index is 1.78. The molecule has 2 aromatic rings. The summed E-state index contributed by atoms with van der Waals surface area (Å²) >= 11 is 0. The maximum atomic E-state index is 12.5. The van der Waals surface area contributed by atoms with Gasteiger partial charge in [-0.2, -0.15) is 10.2 Å². The molecule has 0 bridgehead atoms. The lowest BCUT2D eigenvalue weighted by atomic mass is 9.97. The number of fused-ring (bicyclic) bond motifs is 1. The standard InChI is InChI=1S/C16H18N4O2/c1-2-22-11-14-8-17-7-13-10-20(6-4-15(13)14)16(21)12-3-5-18-19-9-12/h3,5,7-9H,2,4,6,10-11H2,1H3. The van der Waals surface area contributed by atoms with Gasteiger partial charge in [-0.25, -0.2) is 0 Å². The number of carbonyl (C=O) groups is 1. The van der Waals surface area contributed by atoms with Gasteiger partial charge in [0.15, 0.2) is 0 Å². The van der Waals surface area contributed by atoms with Crippen molar-refractivity contribution in [1.29, 1.82) is 0 Å². The quantitative estimate of drug-likeness (QED) is 0.857. The second kappa shape index (κ2) is 6.62. The lowest BCUT2D eigenvalue weighted by Crippen LogP contribution is -2.36. The smallest absolute Gasteiger partial charge is 0.255 e. The van der Waals surface area contributed by atoms with Crippen molar-refractivity contribution in [3.63, 3.8) is 0 Å². The number of aromatic nitrogens is 3. The molecule has 0 saturated heterocycles. The highest BCUT2D eigenvalue weighted by atomic mass is 16.5. The first-order valence-electron chi connectivity index (χ1n) is 7.38. The Morgan fingerprint density at radius 3 is 3.00 bits per heavy atom. The van der Waals surface area contributed by atoms with Crippen LogP contribution >= 0.6 is 0 Å². The Morgan fingerprint density at radius 2 is 2.23 bits per heavy atom. The summed E-state index contributed by atoms with van der Waals surface area (Å²) in [6.07, 6.45) is 7.56. The first-order valence-corrected chi connectivity index (χ1v) is 7.38. The Bertz CT molecular complexity index is 660. The van der Waals surface area contributed by atoms with E-state index in [0.29, 0.717) is 31.9 Å². The third-order valence-corrected chi connectivity index (χ3v) is 3.81. The number of rotatable bonds is 4. The zero-order chi connectivity index (χ0) is 15.4. The normalized spacial score (nSPS) is 13.8. The van der Waals surface area contributed by atoms with E-state index < -0.39 is 0 Å². The summed E-state index contributed by atoms with van der Waals surface area (Å²) in [5, 5.41) is 7.47. The number of carbonyl (C=O) groups excluding carboxylic acids is 1. The lowest BCUT2D eigenvalue weighted by molar-refractivity contribution is 0.0732. The van der Waals surface area contributed by atoms with E-state index in [1.165, 1.54) is 18.0 Å². The van der Waals surface area contributed by atoms with Crippen LogP contribution in [-0.2, 0) is 24.3 Å². The van der Waals surface area contributed by atoms with E-state index in [1.54, 1.807) is 6.07 Å². The summed E-state index contributed by atoms with van der Waals surface area (Å²) in [5.74, 6) is -0.0178. The molecule has 1 aliphatic rings. The largest absolute Gasteiger partial charge is 0.377 e. The Morgan fingerprint density at radius 1 is 1.32 bits per heavy atom. The highest BCUT2D eigenvalue weighted by Crippen LogP contribution is 2.23. The number of hydrogen-bond acceptors (Lipinski definition) is 5. The molecule has 22 heavy (non-hydrogen) atoms. The zero-order valence-electron chi connectivity index (χ0n) is 12.5. The van der Waals surface area contributed by atoms with Gasteiger partial charge in [-0.3, -0.25) is 9.78 Å². The molecule has 0 fully saturated rings. The molecular weight excluding hydrogens is 280 g/mol. The van der Waals surface area contributed by atoms with Crippen LogP contribution in [0.1, 0.15) is 34.0 Å². The van der Waals surface area contributed by atoms with Gasteiger partial charge in [0.1, 0.15) is 0 Å². The molecule has 3 heterocycles. The van der Waals surface area contributed by atoms with Gasteiger partial charge in [0.2, 0.25) is 0 Å². The van der Waals surface area contributed by atoms with E-state index >= 15 is 0 Å². The zero-order valence-corrected chi connectivity index (χ0v) is 12.5. The molecule has 1 amide bonds. The minimum absolute atomic E-state index is 0.0178. The Kier molecular flexibility index (Phi) is 4.39. The number of ether oxygens (including phenoxy) is 1. The van der Waals surface area contributed by atoms with E-state index in [9.17, 15) is 4.79 Å². The summed E-state index contributed by atoms with van der Waals surface area (Å²) < 4.78 is 5.49. The van der Waals surface area contributed by atoms with Gasteiger partial charge >= 0.3 is 0 Å². The van der Waals surface area contributed by atoms with Crippen molar-refractivity contribution in [3.05, 3.63) is 53.1 Å². The number of hydrogen-bond donors (Lipinski definition) is 0. The van der Waals surface area contributed by atoms with Crippen molar-refractivity contribution in [2.24, 2.45) is 0 Å². The lowest BCUT2D eigenvalue weighted by Gasteiger charge is -2.29. The molecule has 1 aliphatic heterocycles. The number of pyridine rings is 1. The minimum atomic E-state index is -0.0178. The molecule has 0 N–H and O–H groups in total. The maximum Gasteiger partial charge on any atom is 0.255 e. The summed E-state index contributed by atoms with van der Waals surface area (Å²) in [6.45, 7) is 4.50. The van der Waals surface area contributed by atoms with Crippen LogP contribution in [0.4, 0.5) is 0 Å². The molecule has 6 nitrogen and oxygen atoms in total. The third-order valence-electron chi connectivity index (χ3n) is 3.81. The SMILES string of the molecule is CCOCc1cncc2c1CCN(C(=O)c1ccnnc1)C2. The molecule has 3 rings (SSSR count). The monoisotopic (exact) mass is 298 g/mol. The van der Waals surface area contributed by atoms with E-state index in [0.717, 1.165) is 17.5 Å². The molecule has 0 spiro atoms. The molecule has 0 atom stereocenters. The molecule has 0 unspecified atom stereocenters. The second-order valence-electron chi connectivity index (χ2n) is 5.18. The fourth-order valence-electron chi connectivity index (χ4n) is 2.68. The van der Waals surface area contributed by atoms with Crippen LogP contribution in [0.2, 0.25) is 0 Å². The maximum absolute atomic E-state index is 12.5. The van der Waals surface area contributed by atoms with Gasteiger partial charge in [-0.15, -0.1) is 0 Å². The number of amides is 1. The molecular formula is C16H18N4O2. The first kappa shape index (κ1) is 14.6. The average molecular weight is 298 g/mol. The molecule has 114 valence electrons. The summed E-state index contributed by atoms with van der Waals surface area (Å²) in [6, 6.07) is 1.69. The minimum Gasteiger partial charge on any atom is -0.377 e. The third kappa shape index (κ3) is 2.96. The van der Waals surface area contributed by atoms with Gasteiger partial charge in [0.05, 0.1) is 24.6 Å². The van der Waals surface area contributed by atoms with Crippen molar-refractivity contribution in [1.82, 2.24) is 20.1 Å². The van der Waals surface area contributed by atoms with Crippen LogP contribution in [0.3, 0.4) is 0 Å². The molecule has 0 aliphatic carbocycles. The Labute approximate surface area is 129 Å². The van der Waals surface area contributed by atoms with Crippen LogP contribution in [0, 0.1) is 0 Å². The molecule has 6 heteroatoms. The van der Waals surface area contributed by atoms with Crippen LogP contribution in [0.25, 0.3) is 0 Å². The summed E-state index contributed by atoms with van der Waals surface area (Å²) in [7, 11) is 0. The topological polar surface area (TPSA) is 68.2 Å². The van der Waals surface area contributed by atoms with Gasteiger partial charge in [0, 0.05) is 32.1 Å². The first-order chi connectivity index (χ1) is 10.8. The molecule has 0 radical (unpaired) electrons. The highest BCUT2D eigenvalue weighted by molar-refractivity contribution is 5.93. The summed E-state index contributed by atoms with van der Waals surface area (Å²) in [5.41, 5.74) is 4.05. The predicted molar refractivity (Wildman–Crippen MR) is 80.0 cm³/mol. The van der Waals surface area contributed by atoms with E-state index in [1.807, 2.05) is 24.2 Å². The Hall–Kier alpha value is -2.34. The van der Waals surface area contributed by atoms with Crippen molar-refractivity contribution < 1.29 is 9.53 Å². The fourth-order valence-corrected chi connectivity index (χ4v) is 2.68. The van der Waals surface area contributed by atoms with Gasteiger partial charge in [0.25, 0.3) is 5.91 Å². The van der Waals surface area contributed by atoms with Crippen molar-refractivity contribution in [2.45, 2.75) is 26.5 Å². The van der Waals surface area contributed by atoms with E-state index in [2.05, 4.69) is 15.2 Å². The van der Waals surface area contributed by atoms with Gasteiger partial charge < -0.3 is 9.64 Å². The van der Waals surface area contributed by atoms with Gasteiger partial charge in [-0.05, 0) is 36.1 Å². The van der Waals surface area contributed by atoms with E-state index in [4.69, 9.17) is 4.74 Å². The molecule has 2 aromatic heterocycles. The molecule has 0 aromatic carbocycles. The van der Waals surface area contributed by atoms with Crippen LogP contribution in [-0.4, -0.2) is 39.1 Å². The van der Waals surface area contributed by atoms with Crippen LogP contribution in [0.5, 0.6) is 0 Å². The molecule has 0 saturated carbocycles. The van der Waals surface area contributed by atoms with Crippen molar-refractivity contribution in [2.75, 3.05) is 13.2 Å². The second-order valence-corrected chi connectivity index (χ2v) is 5.18. The predicted octanol–water partition coefficient (Wildman–Crippen LogP) is 1.61. The van der Waals surface area contributed by atoms with Crippen LogP contribution < -0.4 is 0 Å².